The van der Waals surface area contributed by atoms with Crippen molar-refractivity contribution in [3.8, 4) is 0 Å². The van der Waals surface area contributed by atoms with Crippen molar-refractivity contribution >= 4 is 5.91 Å². The Bertz CT molecular complexity index is 284. The van der Waals surface area contributed by atoms with Gasteiger partial charge in [0.1, 0.15) is 0 Å². The number of carbonyl (C=O) groups excluding carboxylic acids is 1. The lowest BCUT2D eigenvalue weighted by Crippen LogP contribution is -2.53. The molecule has 0 spiro atoms. The molecular weight excluding hydrogens is 228 g/mol. The molecule has 0 bridgehead atoms. The summed E-state index contributed by atoms with van der Waals surface area (Å²) in [5.74, 6) is 1.60. The number of ether oxygens (including phenoxy) is 1. The third-order valence-corrected chi connectivity index (χ3v) is 4.15. The molecule has 0 aromatic rings. The maximum atomic E-state index is 12.0. The van der Waals surface area contributed by atoms with Gasteiger partial charge in [-0.15, -0.1) is 0 Å². The van der Waals surface area contributed by atoms with E-state index in [1.54, 1.807) is 0 Å². The minimum absolute atomic E-state index is 0.144. The standard InChI is InChI=1S/C14H26N2O2/c1-11-7-14(8-11,10-15)13(17)16-5-2-6-18-9-12-3-4-12/h11-12H,2-10,15H2,1H3,(H,16,17). The van der Waals surface area contributed by atoms with Gasteiger partial charge >= 0.3 is 0 Å². The van der Waals surface area contributed by atoms with Crippen LogP contribution < -0.4 is 11.1 Å². The van der Waals surface area contributed by atoms with Gasteiger partial charge < -0.3 is 15.8 Å². The Balaban J connectivity index is 1.53. The van der Waals surface area contributed by atoms with E-state index in [1.807, 2.05) is 0 Å². The van der Waals surface area contributed by atoms with Crippen molar-refractivity contribution in [2.24, 2.45) is 23.0 Å². The summed E-state index contributed by atoms with van der Waals surface area (Å²) in [4.78, 5) is 12.0. The van der Waals surface area contributed by atoms with E-state index in [2.05, 4.69) is 12.2 Å². The van der Waals surface area contributed by atoms with Crippen LogP contribution in [0.2, 0.25) is 0 Å². The first kappa shape index (κ1) is 13.8. The van der Waals surface area contributed by atoms with Crippen molar-refractivity contribution in [1.29, 1.82) is 0 Å². The number of hydrogen-bond acceptors (Lipinski definition) is 3. The lowest BCUT2D eigenvalue weighted by atomic mass is 9.62. The molecule has 0 heterocycles. The predicted molar refractivity (Wildman–Crippen MR) is 71.1 cm³/mol. The van der Waals surface area contributed by atoms with Gasteiger partial charge in [0.2, 0.25) is 5.91 Å². The average molecular weight is 254 g/mol. The maximum absolute atomic E-state index is 12.0. The minimum atomic E-state index is -0.270. The summed E-state index contributed by atoms with van der Waals surface area (Å²) >= 11 is 0. The number of nitrogens with one attached hydrogen (secondary N) is 1. The highest BCUT2D eigenvalue weighted by molar-refractivity contribution is 5.83. The fraction of sp³-hybridized carbons (Fsp3) is 0.929. The lowest BCUT2D eigenvalue weighted by molar-refractivity contribution is -0.138. The fourth-order valence-corrected chi connectivity index (χ4v) is 2.82. The summed E-state index contributed by atoms with van der Waals surface area (Å²) < 4.78 is 5.53. The molecule has 0 aromatic carbocycles. The van der Waals surface area contributed by atoms with Gasteiger partial charge in [-0.05, 0) is 43.9 Å². The van der Waals surface area contributed by atoms with E-state index in [0.29, 0.717) is 19.0 Å². The Morgan fingerprint density at radius 3 is 2.72 bits per heavy atom. The molecule has 2 saturated carbocycles. The molecule has 18 heavy (non-hydrogen) atoms. The largest absolute Gasteiger partial charge is 0.381 e. The molecule has 2 aliphatic rings. The van der Waals surface area contributed by atoms with Crippen LogP contribution in [0, 0.1) is 17.3 Å². The molecule has 2 fully saturated rings. The molecule has 0 unspecified atom stereocenters. The molecule has 1 amide bonds. The van der Waals surface area contributed by atoms with Crippen LogP contribution in [-0.2, 0) is 9.53 Å². The van der Waals surface area contributed by atoms with Crippen LogP contribution >= 0.6 is 0 Å². The fourth-order valence-electron chi connectivity index (χ4n) is 2.82. The number of hydrogen-bond donors (Lipinski definition) is 2. The van der Waals surface area contributed by atoms with E-state index >= 15 is 0 Å². The molecule has 0 aliphatic heterocycles. The van der Waals surface area contributed by atoms with E-state index in [9.17, 15) is 4.79 Å². The van der Waals surface area contributed by atoms with Crippen LogP contribution in [0.4, 0.5) is 0 Å². The molecule has 0 atom stereocenters. The zero-order chi connectivity index (χ0) is 13.0. The van der Waals surface area contributed by atoms with Crippen molar-refractivity contribution in [2.75, 3.05) is 26.3 Å². The molecule has 0 saturated heterocycles. The van der Waals surface area contributed by atoms with Gasteiger partial charge in [0.25, 0.3) is 0 Å². The van der Waals surface area contributed by atoms with Gasteiger partial charge in [0, 0.05) is 26.3 Å². The molecule has 2 aliphatic carbocycles. The second kappa shape index (κ2) is 6.02. The molecule has 0 aromatic heterocycles. The normalized spacial score (nSPS) is 30.9. The zero-order valence-electron chi connectivity index (χ0n) is 11.4. The van der Waals surface area contributed by atoms with Gasteiger partial charge in [-0.2, -0.15) is 0 Å². The van der Waals surface area contributed by atoms with Crippen LogP contribution in [0.5, 0.6) is 0 Å². The van der Waals surface area contributed by atoms with E-state index in [1.165, 1.54) is 12.8 Å². The number of carbonyl (C=O) groups is 1. The Kier molecular flexibility index (Phi) is 4.62. The van der Waals surface area contributed by atoms with E-state index in [0.717, 1.165) is 38.4 Å². The number of rotatable bonds is 8. The van der Waals surface area contributed by atoms with E-state index in [4.69, 9.17) is 10.5 Å². The summed E-state index contributed by atoms with van der Waals surface area (Å²) in [5.41, 5.74) is 5.47. The third-order valence-electron chi connectivity index (χ3n) is 4.15. The zero-order valence-corrected chi connectivity index (χ0v) is 11.4. The van der Waals surface area contributed by atoms with E-state index < -0.39 is 0 Å². The van der Waals surface area contributed by atoms with Crippen LogP contribution in [0.1, 0.15) is 39.0 Å². The molecule has 4 heteroatoms. The first-order chi connectivity index (χ1) is 8.66. The third kappa shape index (κ3) is 3.45. The van der Waals surface area contributed by atoms with Crippen LogP contribution in [0.3, 0.4) is 0 Å². The smallest absolute Gasteiger partial charge is 0.227 e. The Morgan fingerprint density at radius 1 is 1.44 bits per heavy atom. The summed E-state index contributed by atoms with van der Waals surface area (Å²) in [6, 6.07) is 0. The van der Waals surface area contributed by atoms with Crippen molar-refractivity contribution < 1.29 is 9.53 Å². The Morgan fingerprint density at radius 2 is 2.17 bits per heavy atom. The second-order valence-corrected chi connectivity index (χ2v) is 6.13. The topological polar surface area (TPSA) is 64.4 Å². The predicted octanol–water partition coefficient (Wildman–Crippen LogP) is 1.29. The van der Waals surface area contributed by atoms with Crippen molar-refractivity contribution in [1.82, 2.24) is 5.32 Å². The molecule has 0 radical (unpaired) electrons. The van der Waals surface area contributed by atoms with Crippen molar-refractivity contribution in [3.05, 3.63) is 0 Å². The Labute approximate surface area is 110 Å². The van der Waals surface area contributed by atoms with Crippen LogP contribution in [0.25, 0.3) is 0 Å². The highest BCUT2D eigenvalue weighted by Gasteiger charge is 2.46. The Hall–Kier alpha value is -0.610. The van der Waals surface area contributed by atoms with Crippen molar-refractivity contribution in [2.45, 2.75) is 39.0 Å². The second-order valence-electron chi connectivity index (χ2n) is 6.13. The average Bonchev–Trinajstić information content (AvgIpc) is 3.12. The van der Waals surface area contributed by atoms with Gasteiger partial charge in [0.15, 0.2) is 0 Å². The quantitative estimate of drug-likeness (QED) is 0.642. The summed E-state index contributed by atoms with van der Waals surface area (Å²) in [6.07, 6.45) is 5.43. The summed E-state index contributed by atoms with van der Waals surface area (Å²) in [7, 11) is 0. The highest BCUT2D eigenvalue weighted by Crippen LogP contribution is 2.44. The maximum Gasteiger partial charge on any atom is 0.227 e. The summed E-state index contributed by atoms with van der Waals surface area (Å²) in [5, 5.41) is 3.00. The van der Waals surface area contributed by atoms with Gasteiger partial charge in [0.05, 0.1) is 5.41 Å². The molecule has 104 valence electrons. The van der Waals surface area contributed by atoms with Gasteiger partial charge in [-0.1, -0.05) is 6.92 Å². The first-order valence-electron chi connectivity index (χ1n) is 7.22. The number of nitrogens with two attached hydrogens (primary N) is 1. The van der Waals surface area contributed by atoms with Crippen LogP contribution in [-0.4, -0.2) is 32.2 Å². The first-order valence-corrected chi connectivity index (χ1v) is 7.22. The highest BCUT2D eigenvalue weighted by atomic mass is 16.5. The van der Waals surface area contributed by atoms with Crippen LogP contribution in [0.15, 0.2) is 0 Å². The number of amides is 1. The minimum Gasteiger partial charge on any atom is -0.381 e. The molecular formula is C14H26N2O2. The van der Waals surface area contributed by atoms with Gasteiger partial charge in [-0.3, -0.25) is 4.79 Å². The van der Waals surface area contributed by atoms with Crippen molar-refractivity contribution in [3.63, 3.8) is 0 Å². The molecule has 2 rings (SSSR count). The SMILES string of the molecule is CC1CC(CN)(C(=O)NCCCOCC2CC2)C1. The molecule has 4 nitrogen and oxygen atoms in total. The monoisotopic (exact) mass is 254 g/mol. The summed E-state index contributed by atoms with van der Waals surface area (Å²) in [6.45, 7) is 5.01. The molecule has 3 N–H and O–H groups in total. The van der Waals surface area contributed by atoms with E-state index in [-0.39, 0.29) is 11.3 Å². The van der Waals surface area contributed by atoms with Gasteiger partial charge in [-0.25, -0.2) is 0 Å². The lowest BCUT2D eigenvalue weighted by Gasteiger charge is -2.44.